The van der Waals surface area contributed by atoms with Crippen molar-refractivity contribution in [2.45, 2.75) is 12.5 Å². The summed E-state index contributed by atoms with van der Waals surface area (Å²) < 4.78 is 9.13. The van der Waals surface area contributed by atoms with Gasteiger partial charge in [0.05, 0.1) is 32.2 Å². The minimum Gasteiger partial charge on any atom is -0.472 e. The zero-order valence-electron chi connectivity index (χ0n) is 6.69. The van der Waals surface area contributed by atoms with Crippen LogP contribution in [0.3, 0.4) is 0 Å². The first-order valence-electron chi connectivity index (χ1n) is 3.51. The summed E-state index contributed by atoms with van der Waals surface area (Å²) in [6, 6.07) is 1.60. The van der Waals surface area contributed by atoms with Crippen molar-refractivity contribution in [1.29, 1.82) is 0 Å². The average Bonchev–Trinajstić information content (AvgIpc) is 2.56. The van der Waals surface area contributed by atoms with E-state index < -0.39 is 12.1 Å². The molecule has 0 saturated carbocycles. The maximum Gasteiger partial charge on any atom is 0.308 e. The Bertz CT molecular complexity index is 240. The van der Waals surface area contributed by atoms with Crippen LogP contribution in [0.15, 0.2) is 23.0 Å². The zero-order chi connectivity index (χ0) is 8.97. The molecule has 0 spiro atoms. The molecule has 4 heteroatoms. The number of esters is 1. The van der Waals surface area contributed by atoms with E-state index in [1.807, 2.05) is 0 Å². The predicted octanol–water partition coefficient (Wildman–Crippen LogP) is 0.876. The van der Waals surface area contributed by atoms with Gasteiger partial charge in [0, 0.05) is 5.56 Å². The molecular weight excluding hydrogens is 160 g/mol. The topological polar surface area (TPSA) is 59.7 Å². The highest BCUT2D eigenvalue weighted by Crippen LogP contribution is 2.16. The summed E-state index contributed by atoms with van der Waals surface area (Å²) in [5, 5.41) is 9.35. The number of carbonyl (C=O) groups excluding carboxylic acids is 1. The highest BCUT2D eigenvalue weighted by atomic mass is 16.5. The van der Waals surface area contributed by atoms with Gasteiger partial charge >= 0.3 is 5.97 Å². The van der Waals surface area contributed by atoms with E-state index in [1.165, 1.54) is 19.6 Å². The van der Waals surface area contributed by atoms with Crippen LogP contribution in [-0.4, -0.2) is 18.2 Å². The molecule has 4 nitrogen and oxygen atoms in total. The van der Waals surface area contributed by atoms with Crippen molar-refractivity contribution in [3.63, 3.8) is 0 Å². The van der Waals surface area contributed by atoms with E-state index in [1.54, 1.807) is 6.07 Å². The number of methoxy groups -OCH3 is 1. The third kappa shape index (κ3) is 2.10. The van der Waals surface area contributed by atoms with Gasteiger partial charge in [0.2, 0.25) is 0 Å². The summed E-state index contributed by atoms with van der Waals surface area (Å²) in [5.74, 6) is -0.441. The Balaban J connectivity index is 2.49. The van der Waals surface area contributed by atoms with Gasteiger partial charge in [0.25, 0.3) is 0 Å². The van der Waals surface area contributed by atoms with Crippen LogP contribution in [0.4, 0.5) is 0 Å². The Labute approximate surface area is 69.8 Å². The van der Waals surface area contributed by atoms with Crippen LogP contribution in [0.25, 0.3) is 0 Å². The molecule has 1 aromatic rings. The molecule has 0 aliphatic carbocycles. The standard InChI is InChI=1S/C8H10O4/c1-11-8(10)4-7(9)6-2-3-12-5-6/h2-3,5,7,9H,4H2,1H3. The lowest BCUT2D eigenvalue weighted by molar-refractivity contribution is -0.142. The van der Waals surface area contributed by atoms with Gasteiger partial charge in [0.15, 0.2) is 0 Å². The quantitative estimate of drug-likeness (QED) is 0.684. The lowest BCUT2D eigenvalue weighted by atomic mass is 10.1. The second-order valence-electron chi connectivity index (χ2n) is 2.35. The Kier molecular flexibility index (Phi) is 2.88. The third-order valence-corrected chi connectivity index (χ3v) is 1.52. The zero-order valence-corrected chi connectivity index (χ0v) is 6.69. The summed E-state index contributed by atoms with van der Waals surface area (Å²) in [7, 11) is 1.28. The van der Waals surface area contributed by atoms with E-state index in [-0.39, 0.29) is 6.42 Å². The fourth-order valence-corrected chi connectivity index (χ4v) is 0.824. The normalized spacial score (nSPS) is 12.5. The number of hydrogen-bond donors (Lipinski definition) is 1. The highest BCUT2D eigenvalue weighted by Gasteiger charge is 2.13. The van der Waals surface area contributed by atoms with Crippen molar-refractivity contribution < 1.29 is 19.1 Å². The lowest BCUT2D eigenvalue weighted by Crippen LogP contribution is -2.07. The summed E-state index contributed by atoms with van der Waals surface area (Å²) in [6.07, 6.45) is 1.95. The van der Waals surface area contributed by atoms with Crippen molar-refractivity contribution in [3.05, 3.63) is 24.2 Å². The molecule has 1 atom stereocenters. The summed E-state index contributed by atoms with van der Waals surface area (Å²) in [5.41, 5.74) is 0.584. The molecule has 66 valence electrons. The van der Waals surface area contributed by atoms with Crippen LogP contribution in [0, 0.1) is 0 Å². The number of furan rings is 1. The second-order valence-corrected chi connectivity index (χ2v) is 2.35. The largest absolute Gasteiger partial charge is 0.472 e. The van der Waals surface area contributed by atoms with Crippen LogP contribution in [0.2, 0.25) is 0 Å². The summed E-state index contributed by atoms with van der Waals surface area (Å²) >= 11 is 0. The van der Waals surface area contributed by atoms with Crippen molar-refractivity contribution >= 4 is 5.97 Å². The molecule has 0 aliphatic heterocycles. The number of carbonyl (C=O) groups is 1. The monoisotopic (exact) mass is 170 g/mol. The first-order valence-corrected chi connectivity index (χ1v) is 3.51. The second kappa shape index (κ2) is 3.92. The maximum atomic E-state index is 10.7. The van der Waals surface area contributed by atoms with E-state index in [0.717, 1.165) is 0 Å². The Morgan fingerprint density at radius 1 is 1.83 bits per heavy atom. The van der Waals surface area contributed by atoms with E-state index >= 15 is 0 Å². The first kappa shape index (κ1) is 8.80. The molecule has 0 saturated heterocycles. The van der Waals surface area contributed by atoms with E-state index in [9.17, 15) is 9.90 Å². The molecule has 0 fully saturated rings. The molecule has 0 amide bonds. The molecular formula is C8H10O4. The molecule has 1 N–H and O–H groups in total. The van der Waals surface area contributed by atoms with Crippen molar-refractivity contribution in [1.82, 2.24) is 0 Å². The number of aliphatic hydroxyl groups is 1. The van der Waals surface area contributed by atoms with Gasteiger partial charge in [-0.1, -0.05) is 0 Å². The highest BCUT2D eigenvalue weighted by molar-refractivity contribution is 5.69. The van der Waals surface area contributed by atoms with Gasteiger partial charge < -0.3 is 14.3 Å². The Hall–Kier alpha value is -1.29. The Morgan fingerprint density at radius 2 is 2.58 bits per heavy atom. The van der Waals surface area contributed by atoms with Gasteiger partial charge in [-0.2, -0.15) is 0 Å². The van der Waals surface area contributed by atoms with Gasteiger partial charge in [0.1, 0.15) is 0 Å². The van der Waals surface area contributed by atoms with Crippen LogP contribution in [0.5, 0.6) is 0 Å². The molecule has 12 heavy (non-hydrogen) atoms. The molecule has 1 aromatic heterocycles. The van der Waals surface area contributed by atoms with Gasteiger partial charge in [-0.25, -0.2) is 0 Å². The van der Waals surface area contributed by atoms with Crippen molar-refractivity contribution in [3.8, 4) is 0 Å². The van der Waals surface area contributed by atoms with Crippen molar-refractivity contribution in [2.75, 3.05) is 7.11 Å². The summed E-state index contributed by atoms with van der Waals surface area (Å²) in [4.78, 5) is 10.7. The van der Waals surface area contributed by atoms with Crippen molar-refractivity contribution in [2.24, 2.45) is 0 Å². The number of ether oxygens (including phenoxy) is 1. The SMILES string of the molecule is COC(=O)CC(O)c1ccoc1. The number of hydrogen-bond acceptors (Lipinski definition) is 4. The lowest BCUT2D eigenvalue weighted by Gasteiger charge is -2.05. The van der Waals surface area contributed by atoms with E-state index in [4.69, 9.17) is 4.42 Å². The number of rotatable bonds is 3. The van der Waals surface area contributed by atoms with Crippen LogP contribution >= 0.6 is 0 Å². The fraction of sp³-hybridized carbons (Fsp3) is 0.375. The smallest absolute Gasteiger partial charge is 0.308 e. The molecule has 0 aliphatic rings. The molecule has 0 radical (unpaired) electrons. The molecule has 1 unspecified atom stereocenters. The maximum absolute atomic E-state index is 10.7. The molecule has 0 bridgehead atoms. The fourth-order valence-electron chi connectivity index (χ4n) is 0.824. The Morgan fingerprint density at radius 3 is 3.08 bits per heavy atom. The van der Waals surface area contributed by atoms with Gasteiger partial charge in [-0.3, -0.25) is 4.79 Å². The molecule has 1 rings (SSSR count). The number of aliphatic hydroxyl groups excluding tert-OH is 1. The average molecular weight is 170 g/mol. The first-order chi connectivity index (χ1) is 5.74. The minimum atomic E-state index is -0.837. The molecule has 0 aromatic carbocycles. The van der Waals surface area contributed by atoms with Crippen LogP contribution < -0.4 is 0 Å². The summed E-state index contributed by atoms with van der Waals surface area (Å²) in [6.45, 7) is 0. The van der Waals surface area contributed by atoms with E-state index in [2.05, 4.69) is 4.74 Å². The third-order valence-electron chi connectivity index (χ3n) is 1.52. The predicted molar refractivity (Wildman–Crippen MR) is 40.3 cm³/mol. The van der Waals surface area contributed by atoms with Gasteiger partial charge in [-0.05, 0) is 6.07 Å². The van der Waals surface area contributed by atoms with Crippen LogP contribution in [0.1, 0.15) is 18.1 Å². The molecule has 1 heterocycles. The minimum absolute atomic E-state index is 0.0456. The van der Waals surface area contributed by atoms with Gasteiger partial charge in [-0.15, -0.1) is 0 Å². The van der Waals surface area contributed by atoms with Crippen LogP contribution in [-0.2, 0) is 9.53 Å². The van der Waals surface area contributed by atoms with E-state index in [0.29, 0.717) is 5.56 Å².